The Kier molecular flexibility index (Phi) is 5.39. The van der Waals surface area contributed by atoms with Gasteiger partial charge in [0.15, 0.2) is 0 Å². The number of nitrogens with zero attached hydrogens (tertiary/aromatic N) is 5. The Balaban J connectivity index is 1.35. The zero-order valence-electron chi connectivity index (χ0n) is 15.3. The van der Waals surface area contributed by atoms with Crippen LogP contribution in [-0.2, 0) is 0 Å². The van der Waals surface area contributed by atoms with Gasteiger partial charge in [-0.05, 0) is 42.8 Å². The molecule has 148 valence electrons. The molecule has 1 atom stereocenters. The summed E-state index contributed by atoms with van der Waals surface area (Å²) in [4.78, 5) is 28.1. The number of fused-ring (bicyclic) bond motifs is 1. The topological polar surface area (TPSA) is 68.6 Å². The van der Waals surface area contributed by atoms with Crippen molar-refractivity contribution in [1.29, 1.82) is 0 Å². The maximum atomic E-state index is 13.0. The number of amides is 2. The standard InChI is InChI=1S/C20H17BrFN5O2/c21-27-13-12-25(20(27)24-23-15-8-6-14(22)7-9-15)10-3-11-26-18(28)16-4-1-2-5-17(16)19(26)29/h1-2,4-9,12-13,20H,3,10-11H2. The minimum Gasteiger partial charge on any atom is -0.336 e. The van der Waals surface area contributed by atoms with Gasteiger partial charge in [0.2, 0.25) is 6.29 Å². The highest BCUT2D eigenvalue weighted by atomic mass is 79.9. The number of hydrogen-bond acceptors (Lipinski definition) is 6. The van der Waals surface area contributed by atoms with Gasteiger partial charge in [-0.3, -0.25) is 18.4 Å². The zero-order chi connectivity index (χ0) is 20.4. The molecule has 0 saturated heterocycles. The van der Waals surface area contributed by atoms with E-state index in [2.05, 4.69) is 26.4 Å². The summed E-state index contributed by atoms with van der Waals surface area (Å²) in [7, 11) is 0. The summed E-state index contributed by atoms with van der Waals surface area (Å²) in [5.74, 6) is -0.835. The number of carbonyl (C=O) groups excluding carboxylic acids is 2. The van der Waals surface area contributed by atoms with Crippen molar-refractivity contribution in [3.63, 3.8) is 0 Å². The maximum absolute atomic E-state index is 13.0. The number of hydrogen-bond donors (Lipinski definition) is 0. The molecule has 29 heavy (non-hydrogen) atoms. The van der Waals surface area contributed by atoms with E-state index in [-0.39, 0.29) is 17.6 Å². The first kappa shape index (κ1) is 19.3. The van der Waals surface area contributed by atoms with Crippen molar-refractivity contribution >= 4 is 33.6 Å². The van der Waals surface area contributed by atoms with Crippen LogP contribution in [0.15, 0.2) is 71.2 Å². The van der Waals surface area contributed by atoms with E-state index >= 15 is 0 Å². The molecule has 1 unspecified atom stereocenters. The average Bonchev–Trinajstić information content (AvgIpc) is 3.20. The summed E-state index contributed by atoms with van der Waals surface area (Å²) in [6.07, 6.45) is 3.82. The Labute approximate surface area is 175 Å². The highest BCUT2D eigenvalue weighted by Gasteiger charge is 2.35. The van der Waals surface area contributed by atoms with Crippen LogP contribution in [0.25, 0.3) is 0 Å². The molecule has 2 heterocycles. The van der Waals surface area contributed by atoms with E-state index in [0.29, 0.717) is 36.3 Å². The van der Waals surface area contributed by atoms with Crippen molar-refractivity contribution in [3.05, 3.63) is 77.9 Å². The molecule has 0 fully saturated rings. The summed E-state index contributed by atoms with van der Waals surface area (Å²) >= 11 is 3.40. The SMILES string of the molecule is O=C1c2ccccc2C(=O)N1CCCN1C=CN(Br)C1N=Nc1ccc(F)cc1. The molecule has 2 aromatic rings. The van der Waals surface area contributed by atoms with Crippen LogP contribution in [0.2, 0.25) is 0 Å². The normalized spacial score (nSPS) is 18.4. The summed E-state index contributed by atoms with van der Waals surface area (Å²) in [5.41, 5.74) is 1.46. The molecule has 2 aliphatic rings. The average molecular weight is 458 g/mol. The smallest absolute Gasteiger partial charge is 0.261 e. The summed E-state index contributed by atoms with van der Waals surface area (Å²) in [6.45, 7) is 0.889. The van der Waals surface area contributed by atoms with E-state index in [9.17, 15) is 14.0 Å². The quantitative estimate of drug-likeness (QED) is 0.368. The Morgan fingerprint density at radius 3 is 2.24 bits per heavy atom. The molecule has 0 spiro atoms. The molecule has 9 heteroatoms. The number of rotatable bonds is 6. The van der Waals surface area contributed by atoms with Crippen LogP contribution < -0.4 is 0 Å². The fourth-order valence-corrected chi connectivity index (χ4v) is 3.65. The molecule has 2 aromatic carbocycles. The highest BCUT2D eigenvalue weighted by Crippen LogP contribution is 2.25. The molecule has 0 saturated carbocycles. The lowest BCUT2D eigenvalue weighted by molar-refractivity contribution is 0.0647. The summed E-state index contributed by atoms with van der Waals surface area (Å²) in [6, 6.07) is 12.6. The van der Waals surface area contributed by atoms with Gasteiger partial charge in [-0.1, -0.05) is 12.1 Å². The molecule has 0 N–H and O–H groups in total. The van der Waals surface area contributed by atoms with Crippen LogP contribution in [0.3, 0.4) is 0 Å². The predicted octanol–water partition coefficient (Wildman–Crippen LogP) is 4.28. The number of halogens is 2. The first-order valence-corrected chi connectivity index (χ1v) is 9.75. The van der Waals surface area contributed by atoms with Crippen molar-refractivity contribution in [2.75, 3.05) is 13.1 Å². The minimum absolute atomic E-state index is 0.253. The number of carbonyl (C=O) groups is 2. The lowest BCUT2D eigenvalue weighted by Gasteiger charge is -2.25. The Hall–Kier alpha value is -3.07. The summed E-state index contributed by atoms with van der Waals surface area (Å²) in [5, 5.41) is 8.45. The maximum Gasteiger partial charge on any atom is 0.261 e. The molecule has 0 aromatic heterocycles. The van der Waals surface area contributed by atoms with E-state index in [1.54, 1.807) is 46.5 Å². The van der Waals surface area contributed by atoms with Crippen molar-refractivity contribution in [2.24, 2.45) is 10.2 Å². The van der Waals surface area contributed by atoms with Crippen LogP contribution in [0.4, 0.5) is 10.1 Å². The molecule has 2 aliphatic heterocycles. The number of imide groups is 1. The third-order valence-corrected chi connectivity index (χ3v) is 5.30. The van der Waals surface area contributed by atoms with Gasteiger partial charge < -0.3 is 4.90 Å². The molecule has 0 radical (unpaired) electrons. The van der Waals surface area contributed by atoms with Gasteiger partial charge in [-0.2, -0.15) is 5.11 Å². The second kappa shape index (κ2) is 8.12. The van der Waals surface area contributed by atoms with E-state index in [1.807, 2.05) is 11.1 Å². The fourth-order valence-electron chi connectivity index (χ4n) is 3.23. The predicted molar refractivity (Wildman–Crippen MR) is 108 cm³/mol. The van der Waals surface area contributed by atoms with Crippen LogP contribution in [0, 0.1) is 5.82 Å². The van der Waals surface area contributed by atoms with Crippen LogP contribution in [0.5, 0.6) is 0 Å². The Bertz CT molecular complexity index is 960. The minimum atomic E-state index is -0.415. The first-order chi connectivity index (χ1) is 14.0. The lowest BCUT2D eigenvalue weighted by atomic mass is 10.1. The van der Waals surface area contributed by atoms with E-state index in [1.165, 1.54) is 17.0 Å². The Morgan fingerprint density at radius 1 is 0.931 bits per heavy atom. The van der Waals surface area contributed by atoms with Gasteiger partial charge in [-0.15, -0.1) is 5.11 Å². The molecular formula is C20H17BrFN5O2. The largest absolute Gasteiger partial charge is 0.336 e. The third-order valence-electron chi connectivity index (χ3n) is 4.70. The molecule has 2 amide bonds. The van der Waals surface area contributed by atoms with Crippen LogP contribution in [0.1, 0.15) is 27.1 Å². The Morgan fingerprint density at radius 2 is 1.59 bits per heavy atom. The molecule has 0 aliphatic carbocycles. The monoisotopic (exact) mass is 457 g/mol. The molecular weight excluding hydrogens is 441 g/mol. The van der Waals surface area contributed by atoms with Gasteiger partial charge in [0.25, 0.3) is 11.8 Å². The first-order valence-electron chi connectivity index (χ1n) is 9.04. The van der Waals surface area contributed by atoms with Gasteiger partial charge in [0, 0.05) is 25.5 Å². The molecule has 4 rings (SSSR count). The fraction of sp³-hybridized carbons (Fsp3) is 0.200. The summed E-state index contributed by atoms with van der Waals surface area (Å²) < 4.78 is 14.7. The van der Waals surface area contributed by atoms with Gasteiger partial charge in [-0.25, -0.2) is 4.39 Å². The van der Waals surface area contributed by atoms with Crippen molar-refractivity contribution in [2.45, 2.75) is 12.7 Å². The second-order valence-electron chi connectivity index (χ2n) is 6.58. The van der Waals surface area contributed by atoms with Crippen LogP contribution >= 0.6 is 16.1 Å². The second-order valence-corrected chi connectivity index (χ2v) is 7.40. The highest BCUT2D eigenvalue weighted by molar-refractivity contribution is 9.07. The van der Waals surface area contributed by atoms with Crippen molar-refractivity contribution in [3.8, 4) is 0 Å². The van der Waals surface area contributed by atoms with Gasteiger partial charge in [0.1, 0.15) is 5.82 Å². The van der Waals surface area contributed by atoms with Crippen LogP contribution in [-0.4, -0.2) is 44.9 Å². The zero-order valence-corrected chi connectivity index (χ0v) is 16.9. The lowest BCUT2D eigenvalue weighted by Crippen LogP contribution is -2.36. The third kappa shape index (κ3) is 3.91. The van der Waals surface area contributed by atoms with Crippen molar-refractivity contribution < 1.29 is 14.0 Å². The van der Waals surface area contributed by atoms with E-state index < -0.39 is 6.29 Å². The van der Waals surface area contributed by atoms with E-state index in [4.69, 9.17) is 0 Å². The van der Waals surface area contributed by atoms with Crippen molar-refractivity contribution in [1.82, 2.24) is 13.7 Å². The molecule has 7 nitrogen and oxygen atoms in total. The van der Waals surface area contributed by atoms with Gasteiger partial charge in [0.05, 0.1) is 33.0 Å². The molecule has 0 bridgehead atoms. The number of azo groups is 1. The number of benzene rings is 2. The van der Waals surface area contributed by atoms with Gasteiger partial charge >= 0.3 is 0 Å². The van der Waals surface area contributed by atoms with E-state index in [0.717, 1.165) is 0 Å².